The molecule has 2 rings (SSSR count). The fraction of sp³-hybridized carbons (Fsp3) is 0.550. The zero-order valence-corrected chi connectivity index (χ0v) is 16.2. The van der Waals surface area contributed by atoms with Crippen molar-refractivity contribution in [3.05, 3.63) is 35.9 Å². The van der Waals surface area contributed by atoms with Crippen molar-refractivity contribution >= 4 is 17.8 Å². The fourth-order valence-electron chi connectivity index (χ4n) is 2.90. The third-order valence-corrected chi connectivity index (χ3v) is 4.22. The monoisotopic (exact) mass is 360 g/mol. The van der Waals surface area contributed by atoms with E-state index in [0.29, 0.717) is 13.0 Å². The Balaban J connectivity index is 2.17. The summed E-state index contributed by atoms with van der Waals surface area (Å²) in [6, 6.07) is 9.85. The van der Waals surface area contributed by atoms with Crippen LogP contribution in [0.2, 0.25) is 0 Å². The van der Waals surface area contributed by atoms with Gasteiger partial charge in [-0.1, -0.05) is 30.3 Å². The molecule has 0 radical (unpaired) electrons. The van der Waals surface area contributed by atoms with Gasteiger partial charge in [-0.15, -0.1) is 0 Å². The number of hydrogen-bond acceptors (Lipinski definition) is 5. The Morgan fingerprint density at radius 3 is 2.46 bits per heavy atom. The molecule has 1 saturated heterocycles. The Labute approximate surface area is 155 Å². The van der Waals surface area contributed by atoms with E-state index < -0.39 is 17.6 Å². The minimum Gasteiger partial charge on any atom is -0.468 e. The molecule has 0 spiro atoms. The molecular formula is C20H28N2O4. The minimum atomic E-state index is -0.575. The van der Waals surface area contributed by atoms with E-state index in [1.54, 1.807) is 4.90 Å². The lowest BCUT2D eigenvalue weighted by atomic mass is 9.95. The van der Waals surface area contributed by atoms with Crippen molar-refractivity contribution in [2.45, 2.75) is 45.8 Å². The fourth-order valence-corrected chi connectivity index (χ4v) is 2.90. The summed E-state index contributed by atoms with van der Waals surface area (Å²) >= 11 is 0. The summed E-state index contributed by atoms with van der Waals surface area (Å²) in [5, 5.41) is 0. The summed E-state index contributed by atoms with van der Waals surface area (Å²) in [6.07, 6.45) is 0.109. The number of esters is 1. The number of aliphatic imine (C=N–C) groups is 1. The molecule has 1 aliphatic rings. The highest BCUT2D eigenvalue weighted by Gasteiger charge is 2.36. The van der Waals surface area contributed by atoms with E-state index in [-0.39, 0.29) is 18.6 Å². The van der Waals surface area contributed by atoms with E-state index in [1.165, 1.54) is 7.11 Å². The van der Waals surface area contributed by atoms with E-state index in [1.807, 2.05) is 58.0 Å². The Hall–Kier alpha value is -2.37. The number of benzene rings is 1. The first-order valence-corrected chi connectivity index (χ1v) is 8.88. The smallest absolute Gasteiger partial charge is 0.410 e. The molecule has 0 saturated carbocycles. The SMILES string of the molecule is COC(=O)C1CN(C(=O)OC(C)(C)C)CCC1=N[C@H](C)c1ccccc1. The molecule has 0 bridgehead atoms. The molecule has 2 atom stereocenters. The van der Waals surface area contributed by atoms with Gasteiger partial charge in [-0.3, -0.25) is 9.79 Å². The van der Waals surface area contributed by atoms with E-state index in [4.69, 9.17) is 14.5 Å². The molecule has 0 N–H and O–H groups in total. The number of rotatable bonds is 3. The van der Waals surface area contributed by atoms with Gasteiger partial charge >= 0.3 is 12.1 Å². The predicted molar refractivity (Wildman–Crippen MR) is 100 cm³/mol. The van der Waals surface area contributed by atoms with Crippen LogP contribution < -0.4 is 0 Å². The van der Waals surface area contributed by atoms with Gasteiger partial charge < -0.3 is 14.4 Å². The average molecular weight is 360 g/mol. The Kier molecular flexibility index (Phi) is 6.40. The standard InChI is InChI=1S/C20H28N2O4/c1-14(15-9-7-6-8-10-15)21-17-11-12-22(13-16(17)18(23)25-5)19(24)26-20(2,3)4/h6-10,14,16H,11-13H2,1-5H3/t14-,16?/m1/s1. The summed E-state index contributed by atoms with van der Waals surface area (Å²) in [4.78, 5) is 30.9. The van der Waals surface area contributed by atoms with Crippen LogP contribution in [0.15, 0.2) is 35.3 Å². The van der Waals surface area contributed by atoms with Gasteiger partial charge in [0.1, 0.15) is 11.5 Å². The molecule has 1 aliphatic heterocycles. The number of likely N-dealkylation sites (tertiary alicyclic amines) is 1. The number of nitrogens with zero attached hydrogens (tertiary/aromatic N) is 2. The van der Waals surface area contributed by atoms with Crippen LogP contribution in [-0.4, -0.2) is 48.5 Å². The number of hydrogen-bond donors (Lipinski definition) is 0. The van der Waals surface area contributed by atoms with Gasteiger partial charge in [-0.25, -0.2) is 4.79 Å². The predicted octanol–water partition coefficient (Wildman–Crippen LogP) is 3.62. The van der Waals surface area contributed by atoms with Crippen molar-refractivity contribution in [1.29, 1.82) is 0 Å². The van der Waals surface area contributed by atoms with Gasteiger partial charge in [0.15, 0.2) is 0 Å². The highest BCUT2D eigenvalue weighted by Crippen LogP contribution is 2.23. The molecule has 142 valence electrons. The molecule has 6 nitrogen and oxygen atoms in total. The summed E-state index contributed by atoms with van der Waals surface area (Å²) < 4.78 is 10.4. The van der Waals surface area contributed by atoms with Crippen molar-refractivity contribution in [3.8, 4) is 0 Å². The summed E-state index contributed by atoms with van der Waals surface area (Å²) in [5.74, 6) is -0.940. The molecule has 26 heavy (non-hydrogen) atoms. The van der Waals surface area contributed by atoms with Crippen LogP contribution in [0.3, 0.4) is 0 Å². The first-order chi connectivity index (χ1) is 12.2. The highest BCUT2D eigenvalue weighted by molar-refractivity contribution is 6.03. The van der Waals surface area contributed by atoms with Crippen LogP contribution in [-0.2, 0) is 14.3 Å². The molecule has 0 aliphatic carbocycles. The van der Waals surface area contributed by atoms with Crippen molar-refractivity contribution in [2.24, 2.45) is 10.9 Å². The molecule has 1 heterocycles. The zero-order chi connectivity index (χ0) is 19.3. The van der Waals surface area contributed by atoms with Crippen LogP contribution in [0.25, 0.3) is 0 Å². The van der Waals surface area contributed by atoms with Gasteiger partial charge in [0, 0.05) is 25.2 Å². The van der Waals surface area contributed by atoms with Crippen molar-refractivity contribution in [2.75, 3.05) is 20.2 Å². The normalized spacial score (nSPS) is 20.6. The summed E-state index contributed by atoms with van der Waals surface area (Å²) in [7, 11) is 1.35. The first-order valence-electron chi connectivity index (χ1n) is 8.88. The molecule has 6 heteroatoms. The maximum absolute atomic E-state index is 12.3. The lowest BCUT2D eigenvalue weighted by Gasteiger charge is -2.34. The maximum atomic E-state index is 12.3. The number of carbonyl (C=O) groups excluding carboxylic acids is 2. The Morgan fingerprint density at radius 2 is 1.88 bits per heavy atom. The van der Waals surface area contributed by atoms with E-state index in [9.17, 15) is 9.59 Å². The molecule has 1 aromatic rings. The van der Waals surface area contributed by atoms with E-state index in [2.05, 4.69) is 0 Å². The molecule has 1 fully saturated rings. The van der Waals surface area contributed by atoms with Crippen molar-refractivity contribution in [3.63, 3.8) is 0 Å². The largest absolute Gasteiger partial charge is 0.468 e. The van der Waals surface area contributed by atoms with E-state index >= 15 is 0 Å². The number of methoxy groups -OCH3 is 1. The molecule has 1 aromatic carbocycles. The Bertz CT molecular complexity index is 664. The number of amides is 1. The van der Waals surface area contributed by atoms with Crippen LogP contribution in [0.4, 0.5) is 4.79 Å². The quantitative estimate of drug-likeness (QED) is 0.772. The number of carbonyl (C=O) groups is 2. The van der Waals surface area contributed by atoms with Crippen molar-refractivity contribution in [1.82, 2.24) is 4.90 Å². The average Bonchev–Trinajstić information content (AvgIpc) is 2.60. The van der Waals surface area contributed by atoms with Crippen LogP contribution in [0, 0.1) is 5.92 Å². The Morgan fingerprint density at radius 1 is 1.23 bits per heavy atom. The molecule has 1 unspecified atom stereocenters. The lowest BCUT2D eigenvalue weighted by Crippen LogP contribution is -2.48. The molecular weight excluding hydrogens is 332 g/mol. The van der Waals surface area contributed by atoms with Gasteiger partial charge in [0.05, 0.1) is 13.2 Å². The minimum absolute atomic E-state index is 0.0635. The summed E-state index contributed by atoms with van der Waals surface area (Å²) in [6.45, 7) is 8.16. The molecule has 0 aromatic heterocycles. The van der Waals surface area contributed by atoms with Crippen LogP contribution in [0.5, 0.6) is 0 Å². The zero-order valence-electron chi connectivity index (χ0n) is 16.2. The number of piperidine rings is 1. The first kappa shape index (κ1) is 19.9. The van der Waals surface area contributed by atoms with Crippen LogP contribution in [0.1, 0.15) is 45.7 Å². The lowest BCUT2D eigenvalue weighted by molar-refractivity contribution is -0.143. The third kappa shape index (κ3) is 5.31. The maximum Gasteiger partial charge on any atom is 0.410 e. The number of ether oxygens (including phenoxy) is 2. The summed E-state index contributed by atoms with van der Waals surface area (Å²) in [5.41, 5.74) is 1.28. The second-order valence-corrected chi connectivity index (χ2v) is 7.46. The second kappa shape index (κ2) is 8.34. The second-order valence-electron chi connectivity index (χ2n) is 7.46. The highest BCUT2D eigenvalue weighted by atomic mass is 16.6. The van der Waals surface area contributed by atoms with Crippen molar-refractivity contribution < 1.29 is 19.1 Å². The molecule has 1 amide bonds. The van der Waals surface area contributed by atoms with Gasteiger partial charge in [-0.2, -0.15) is 0 Å². The topological polar surface area (TPSA) is 68.2 Å². The van der Waals surface area contributed by atoms with Gasteiger partial charge in [0.25, 0.3) is 0 Å². The van der Waals surface area contributed by atoms with Gasteiger partial charge in [-0.05, 0) is 33.3 Å². The van der Waals surface area contributed by atoms with E-state index in [0.717, 1.165) is 11.3 Å². The van der Waals surface area contributed by atoms with Gasteiger partial charge in [0.2, 0.25) is 0 Å². The third-order valence-electron chi connectivity index (χ3n) is 4.22. The van der Waals surface area contributed by atoms with Crippen LogP contribution >= 0.6 is 0 Å².